The van der Waals surface area contributed by atoms with Gasteiger partial charge in [-0.15, -0.1) is 0 Å². The molecule has 5 nitrogen and oxygen atoms in total. The summed E-state index contributed by atoms with van der Waals surface area (Å²) in [7, 11) is 6.95. The number of aryl methyl sites for hydroxylation is 1. The van der Waals surface area contributed by atoms with Crippen LogP contribution in [0.3, 0.4) is 0 Å². The number of benzene rings is 1. The molecule has 0 aliphatic rings. The lowest BCUT2D eigenvalue weighted by Gasteiger charge is -2.17. The predicted octanol–water partition coefficient (Wildman–Crippen LogP) is 1.31. The fourth-order valence-corrected chi connectivity index (χ4v) is 1.91. The highest BCUT2D eigenvalue weighted by Gasteiger charge is 2.11. The number of hydrogen-bond acceptors (Lipinski definition) is 4. The number of amides is 1. The number of likely N-dealkylation sites (N-methyl/N-ethyl adjacent to an activating group) is 2. The summed E-state index contributed by atoms with van der Waals surface area (Å²) in [6.07, 6.45) is 1.10. The van der Waals surface area contributed by atoms with Crippen LogP contribution in [0.5, 0.6) is 11.5 Å². The monoisotopic (exact) mass is 280 g/mol. The molecule has 0 aliphatic carbocycles. The van der Waals surface area contributed by atoms with Crippen LogP contribution in [-0.2, 0) is 11.2 Å². The second-order valence-electron chi connectivity index (χ2n) is 4.60. The van der Waals surface area contributed by atoms with Gasteiger partial charge in [0.2, 0.25) is 5.91 Å². The van der Waals surface area contributed by atoms with E-state index in [1.807, 2.05) is 32.3 Å². The molecule has 0 saturated heterocycles. The Kier molecular flexibility index (Phi) is 6.87. The van der Waals surface area contributed by atoms with Crippen molar-refractivity contribution < 1.29 is 14.3 Å². The van der Waals surface area contributed by atoms with Crippen LogP contribution in [-0.4, -0.2) is 52.2 Å². The number of carbonyl (C=O) groups is 1. The molecule has 0 saturated carbocycles. The topological polar surface area (TPSA) is 50.8 Å². The lowest BCUT2D eigenvalue weighted by molar-refractivity contribution is -0.129. The van der Waals surface area contributed by atoms with Gasteiger partial charge >= 0.3 is 0 Å². The largest absolute Gasteiger partial charge is 0.497 e. The fraction of sp³-hybridized carbons (Fsp3) is 0.533. The number of nitrogens with zero attached hydrogens (tertiary/aromatic N) is 1. The molecule has 0 spiro atoms. The summed E-state index contributed by atoms with van der Waals surface area (Å²) < 4.78 is 10.5. The third-order valence-electron chi connectivity index (χ3n) is 3.22. The van der Waals surface area contributed by atoms with Crippen LogP contribution in [0.2, 0.25) is 0 Å². The number of rotatable bonds is 8. The van der Waals surface area contributed by atoms with Gasteiger partial charge in [0, 0.05) is 26.6 Å². The number of carbonyl (C=O) groups excluding carboxylic acids is 1. The Morgan fingerprint density at radius 1 is 1.30 bits per heavy atom. The first-order valence-electron chi connectivity index (χ1n) is 6.71. The molecule has 20 heavy (non-hydrogen) atoms. The zero-order valence-electron chi connectivity index (χ0n) is 12.7. The molecule has 0 atom stereocenters. The first-order chi connectivity index (χ1) is 9.62. The van der Waals surface area contributed by atoms with E-state index in [2.05, 4.69) is 5.32 Å². The minimum atomic E-state index is 0.130. The van der Waals surface area contributed by atoms with Gasteiger partial charge in [-0.1, -0.05) is 0 Å². The summed E-state index contributed by atoms with van der Waals surface area (Å²) in [5.41, 5.74) is 0.988. The van der Waals surface area contributed by atoms with Crippen molar-refractivity contribution in [3.63, 3.8) is 0 Å². The molecule has 1 amide bonds. The Labute approximate surface area is 120 Å². The van der Waals surface area contributed by atoms with Crippen molar-refractivity contribution in [1.82, 2.24) is 10.2 Å². The highest BCUT2D eigenvalue weighted by atomic mass is 16.5. The first-order valence-corrected chi connectivity index (χ1v) is 6.71. The van der Waals surface area contributed by atoms with Gasteiger partial charge in [-0.25, -0.2) is 0 Å². The quantitative estimate of drug-likeness (QED) is 0.780. The average Bonchev–Trinajstić information content (AvgIpc) is 2.49. The summed E-state index contributed by atoms with van der Waals surface area (Å²) in [6.45, 7) is 1.51. The van der Waals surface area contributed by atoms with E-state index >= 15 is 0 Å². The predicted molar refractivity (Wildman–Crippen MR) is 79.4 cm³/mol. The zero-order chi connectivity index (χ0) is 15.0. The van der Waals surface area contributed by atoms with E-state index in [-0.39, 0.29) is 5.91 Å². The second-order valence-corrected chi connectivity index (χ2v) is 4.60. The van der Waals surface area contributed by atoms with Gasteiger partial charge in [0.05, 0.1) is 14.2 Å². The Hall–Kier alpha value is -1.75. The molecule has 0 unspecified atom stereocenters. The lowest BCUT2D eigenvalue weighted by atomic mass is 10.1. The van der Waals surface area contributed by atoms with Crippen LogP contribution < -0.4 is 14.8 Å². The maximum Gasteiger partial charge on any atom is 0.222 e. The fourth-order valence-electron chi connectivity index (χ4n) is 1.91. The minimum absolute atomic E-state index is 0.130. The van der Waals surface area contributed by atoms with Gasteiger partial charge in [-0.3, -0.25) is 4.79 Å². The Bertz CT molecular complexity index is 435. The summed E-state index contributed by atoms with van der Waals surface area (Å²) in [4.78, 5) is 13.7. The summed E-state index contributed by atoms with van der Waals surface area (Å²) >= 11 is 0. The normalized spacial score (nSPS) is 10.2. The Morgan fingerprint density at radius 2 is 2.05 bits per heavy atom. The van der Waals surface area contributed by atoms with E-state index in [1.54, 1.807) is 19.1 Å². The maximum absolute atomic E-state index is 12.0. The second kappa shape index (κ2) is 8.43. The van der Waals surface area contributed by atoms with Gasteiger partial charge in [0.25, 0.3) is 0 Å². The number of hydrogen-bond donors (Lipinski definition) is 1. The highest BCUT2D eigenvalue weighted by Crippen LogP contribution is 2.25. The number of methoxy groups -OCH3 is 2. The SMILES string of the molecule is CNCCN(C)C(=O)CCc1cc(OC)ccc1OC. The average molecular weight is 280 g/mol. The van der Waals surface area contributed by atoms with Crippen molar-refractivity contribution >= 4 is 5.91 Å². The minimum Gasteiger partial charge on any atom is -0.497 e. The maximum atomic E-state index is 12.0. The zero-order valence-corrected chi connectivity index (χ0v) is 12.7. The molecule has 0 radical (unpaired) electrons. The highest BCUT2D eigenvalue weighted by molar-refractivity contribution is 5.76. The molecule has 112 valence electrons. The molecule has 1 N–H and O–H groups in total. The molecule has 0 heterocycles. The molecule has 0 bridgehead atoms. The number of ether oxygens (including phenoxy) is 2. The third-order valence-corrected chi connectivity index (χ3v) is 3.22. The molecule has 5 heteroatoms. The van der Waals surface area contributed by atoms with Crippen molar-refractivity contribution in [2.24, 2.45) is 0 Å². The van der Waals surface area contributed by atoms with E-state index in [9.17, 15) is 4.79 Å². The Morgan fingerprint density at radius 3 is 2.65 bits per heavy atom. The lowest BCUT2D eigenvalue weighted by Crippen LogP contribution is -2.32. The van der Waals surface area contributed by atoms with Gasteiger partial charge in [0.15, 0.2) is 0 Å². The summed E-state index contributed by atoms with van der Waals surface area (Å²) in [5, 5.41) is 3.03. The van der Waals surface area contributed by atoms with Crippen molar-refractivity contribution in [3.05, 3.63) is 23.8 Å². The molecular formula is C15H24N2O3. The molecule has 1 aromatic rings. The summed E-state index contributed by atoms with van der Waals surface area (Å²) in [6, 6.07) is 5.63. The molecule has 0 fully saturated rings. The van der Waals surface area contributed by atoms with Crippen LogP contribution >= 0.6 is 0 Å². The van der Waals surface area contributed by atoms with E-state index in [4.69, 9.17) is 9.47 Å². The van der Waals surface area contributed by atoms with Crippen LogP contribution in [0.25, 0.3) is 0 Å². The molecular weight excluding hydrogens is 256 g/mol. The van der Waals surface area contributed by atoms with Crippen molar-refractivity contribution in [1.29, 1.82) is 0 Å². The first kappa shape index (κ1) is 16.3. The van der Waals surface area contributed by atoms with E-state index < -0.39 is 0 Å². The molecule has 1 rings (SSSR count). The van der Waals surface area contributed by atoms with Crippen molar-refractivity contribution in [2.75, 3.05) is 41.4 Å². The van der Waals surface area contributed by atoms with Crippen molar-refractivity contribution in [3.8, 4) is 11.5 Å². The van der Waals surface area contributed by atoms with Crippen LogP contribution in [0.4, 0.5) is 0 Å². The Balaban J connectivity index is 2.62. The van der Waals surface area contributed by atoms with Crippen molar-refractivity contribution in [2.45, 2.75) is 12.8 Å². The van der Waals surface area contributed by atoms with Crippen LogP contribution in [0, 0.1) is 0 Å². The molecule has 0 aromatic heterocycles. The number of nitrogens with one attached hydrogen (secondary N) is 1. The summed E-state index contributed by atoms with van der Waals surface area (Å²) in [5.74, 6) is 1.69. The van der Waals surface area contributed by atoms with E-state index in [0.29, 0.717) is 19.4 Å². The van der Waals surface area contributed by atoms with E-state index in [0.717, 1.165) is 23.6 Å². The van der Waals surface area contributed by atoms with Gasteiger partial charge in [-0.05, 0) is 37.2 Å². The van der Waals surface area contributed by atoms with Gasteiger partial charge in [-0.2, -0.15) is 0 Å². The van der Waals surface area contributed by atoms with Gasteiger partial charge < -0.3 is 19.7 Å². The smallest absolute Gasteiger partial charge is 0.222 e. The van der Waals surface area contributed by atoms with Crippen LogP contribution in [0.1, 0.15) is 12.0 Å². The molecule has 1 aromatic carbocycles. The molecule has 0 aliphatic heterocycles. The van der Waals surface area contributed by atoms with E-state index in [1.165, 1.54) is 0 Å². The van der Waals surface area contributed by atoms with Crippen LogP contribution in [0.15, 0.2) is 18.2 Å². The third kappa shape index (κ3) is 4.74. The van der Waals surface area contributed by atoms with Gasteiger partial charge in [0.1, 0.15) is 11.5 Å². The standard InChI is InChI=1S/C15H24N2O3/c1-16-9-10-17(2)15(18)8-5-12-11-13(19-3)6-7-14(12)20-4/h6-7,11,16H,5,8-10H2,1-4H3.